The molecule has 0 aliphatic carbocycles. The lowest BCUT2D eigenvalue weighted by Crippen LogP contribution is -2.70. The Morgan fingerprint density at radius 1 is 0.448 bits per heavy atom. The number of aliphatic carboxylic acids is 2. The van der Waals surface area contributed by atoms with E-state index in [1.807, 2.05) is 0 Å². The molecule has 0 spiro atoms. The van der Waals surface area contributed by atoms with E-state index in [-0.39, 0.29) is 0 Å². The SMILES string of the molecule is O=C(O)[C@H]1O[C@@H](O[C@H]2[C@H](O)[C@@H](NS(=O)(=O)O)[C@@H](O[C@H]3[C@H](O)[C@@H](OS(=O)(=O)O)[C@H](O[C@H]4[C@H](O)[C@@H](NS(=O)(=O)O)C(O)O[C@@H]4COS(=O)(=O)O)O[C@H]3C(=O)O)O[C@@H]2COS(=O)(=O)O)[C@H](O)[C@@H](O)[C@@H]1O. The molecule has 0 amide bonds. The second-order valence-corrected chi connectivity index (χ2v) is 19.6. The summed E-state index contributed by atoms with van der Waals surface area (Å²) in [6.45, 7) is -3.16. The standard InChI is InChI=1S/C24H40N2O36S5/c27-7-5(25-63(38,39)40)21(37)55-3(1-53-65(44,45)46)13(7)58-24-17(62-67(50,51)52)12(32)15(18(61-24)20(35)36)59-22-6(26-64(41,42)43)8(28)14(4(56-22)2-54-66(47,48)49)57-23-11(31)9(29)10(30)16(60-23)19(33)34/h3-18,21-32,37H,1-2H2,(H,33,34)(H,35,36)(H,38,39,40)(H,41,42,43)(H,44,45,46)(H,47,48,49)(H,50,51,52)/t3-,4-,5-,6-,7-,8-,9+,10+,11-,12+,13-,14-,15+,16+,17-,18-,21?,22-,23-,24-/m1/s1. The van der Waals surface area contributed by atoms with Crippen molar-refractivity contribution in [3.05, 3.63) is 0 Å². The summed E-state index contributed by atoms with van der Waals surface area (Å²) in [7, 11) is -28.1. The second-order valence-electron chi connectivity index (χ2n) is 14.0. The van der Waals surface area contributed by atoms with Crippen molar-refractivity contribution >= 4 is 63.7 Å². The van der Waals surface area contributed by atoms with Crippen molar-refractivity contribution in [1.82, 2.24) is 9.44 Å². The highest BCUT2D eigenvalue weighted by molar-refractivity contribution is 7.84. The van der Waals surface area contributed by atoms with Gasteiger partial charge in [-0.1, -0.05) is 0 Å². The minimum Gasteiger partial charge on any atom is -0.479 e. The third-order valence-corrected chi connectivity index (χ3v) is 11.9. The molecule has 4 aliphatic heterocycles. The summed E-state index contributed by atoms with van der Waals surface area (Å²) in [4.78, 5) is 24.3. The maximum atomic E-state index is 12.7. The van der Waals surface area contributed by atoms with Crippen LogP contribution in [0.5, 0.6) is 0 Å². The Hall–Kier alpha value is -2.27. The van der Waals surface area contributed by atoms with Gasteiger partial charge in [0.2, 0.25) is 0 Å². The van der Waals surface area contributed by atoms with Gasteiger partial charge >= 0.3 is 63.7 Å². The molecule has 0 aromatic rings. The first kappa shape index (κ1) is 57.3. The number of rotatable bonds is 20. The summed E-state index contributed by atoms with van der Waals surface area (Å²) in [5, 5.41) is 94.4. The van der Waals surface area contributed by atoms with Crippen LogP contribution in [0.4, 0.5) is 0 Å². The fourth-order valence-electron chi connectivity index (χ4n) is 6.64. The first-order valence-corrected chi connectivity index (χ1v) is 24.5. The highest BCUT2D eigenvalue weighted by Gasteiger charge is 2.59. The van der Waals surface area contributed by atoms with Crippen LogP contribution < -0.4 is 9.44 Å². The largest absolute Gasteiger partial charge is 0.479 e. The van der Waals surface area contributed by atoms with Crippen molar-refractivity contribution < 1.29 is 166 Å². The van der Waals surface area contributed by atoms with Crippen LogP contribution in [-0.2, 0) is 107 Å². The number of ether oxygens (including phenoxy) is 7. The quantitative estimate of drug-likeness (QED) is 0.0503. The predicted molar refractivity (Wildman–Crippen MR) is 191 cm³/mol. The van der Waals surface area contributed by atoms with Crippen LogP contribution in [0.25, 0.3) is 0 Å². The average molecular weight is 1090 g/mol. The number of nitrogens with one attached hydrogen (secondary N) is 2. The predicted octanol–water partition coefficient (Wildman–Crippen LogP) is -11.3. The van der Waals surface area contributed by atoms with E-state index in [4.69, 9.17) is 37.7 Å². The maximum absolute atomic E-state index is 12.7. The topological polar surface area (TPSA) is 604 Å². The highest BCUT2D eigenvalue weighted by Crippen LogP contribution is 2.36. The van der Waals surface area contributed by atoms with Crippen molar-refractivity contribution in [2.45, 2.75) is 123 Å². The second kappa shape index (κ2) is 21.6. The van der Waals surface area contributed by atoms with E-state index in [1.165, 1.54) is 9.44 Å². The minimum atomic E-state index is -5.97. The molecule has 4 saturated heterocycles. The Kier molecular flexibility index (Phi) is 18.5. The third kappa shape index (κ3) is 15.6. The molecule has 0 radical (unpaired) electrons. The average Bonchev–Trinajstić information content (AvgIpc) is 3.15. The molecule has 4 aliphatic rings. The first-order valence-electron chi connectivity index (χ1n) is 17.6. The van der Waals surface area contributed by atoms with E-state index >= 15 is 0 Å². The lowest BCUT2D eigenvalue weighted by Gasteiger charge is -2.49. The molecule has 4 rings (SSSR count). The number of carboxylic acid groups (broad SMARTS) is 2. The third-order valence-electron chi connectivity index (χ3n) is 9.38. The number of hydrogen-bond donors (Lipinski definition) is 16. The summed E-state index contributed by atoms with van der Waals surface area (Å²) in [5.41, 5.74) is 0. The van der Waals surface area contributed by atoms with Gasteiger partial charge < -0.3 is 79.1 Å². The molecular weight excluding hydrogens is 1050 g/mol. The minimum absolute atomic E-state index is 1.25. The number of aliphatic hydroxyl groups excluding tert-OH is 7. The summed E-state index contributed by atoms with van der Waals surface area (Å²) in [5.74, 6) is -4.34. The van der Waals surface area contributed by atoms with Crippen LogP contribution in [0.2, 0.25) is 0 Å². The summed E-state index contributed by atoms with van der Waals surface area (Å²) < 4.78 is 215. The first-order chi connectivity index (χ1) is 30.4. The van der Waals surface area contributed by atoms with Crippen molar-refractivity contribution in [2.75, 3.05) is 13.2 Å². The van der Waals surface area contributed by atoms with E-state index in [9.17, 15) is 116 Å². The van der Waals surface area contributed by atoms with Gasteiger partial charge in [-0.2, -0.15) is 51.5 Å². The summed E-state index contributed by atoms with van der Waals surface area (Å²) in [6.07, 6.45) is -47.8. The zero-order valence-electron chi connectivity index (χ0n) is 32.2. The van der Waals surface area contributed by atoms with E-state index < -0.39 is 200 Å². The molecule has 67 heavy (non-hydrogen) atoms. The fraction of sp³-hybridized carbons (Fsp3) is 0.917. The molecule has 20 atom stereocenters. The molecule has 1 unspecified atom stereocenters. The van der Waals surface area contributed by atoms with E-state index in [0.717, 1.165) is 0 Å². The number of aliphatic hydroxyl groups is 7. The van der Waals surface area contributed by atoms with Gasteiger partial charge in [0.25, 0.3) is 0 Å². The maximum Gasteiger partial charge on any atom is 0.397 e. The van der Waals surface area contributed by atoms with Gasteiger partial charge in [-0.05, 0) is 0 Å². The Morgan fingerprint density at radius 3 is 1.34 bits per heavy atom. The molecule has 38 nitrogen and oxygen atoms in total. The van der Waals surface area contributed by atoms with Gasteiger partial charge in [0.1, 0.15) is 79.2 Å². The van der Waals surface area contributed by atoms with Gasteiger partial charge in [0.15, 0.2) is 43.5 Å². The molecule has 43 heteroatoms. The van der Waals surface area contributed by atoms with Crippen molar-refractivity contribution in [1.29, 1.82) is 0 Å². The van der Waals surface area contributed by atoms with Crippen LogP contribution in [0.3, 0.4) is 0 Å². The number of hydrogen-bond acceptors (Lipinski definition) is 29. The van der Waals surface area contributed by atoms with E-state index in [1.54, 1.807) is 0 Å². The molecule has 0 bridgehead atoms. The van der Waals surface area contributed by atoms with Crippen molar-refractivity contribution in [2.24, 2.45) is 0 Å². The van der Waals surface area contributed by atoms with Crippen molar-refractivity contribution in [3.8, 4) is 0 Å². The van der Waals surface area contributed by atoms with Gasteiger partial charge in [0.05, 0.1) is 13.2 Å². The molecule has 0 saturated carbocycles. The van der Waals surface area contributed by atoms with Gasteiger partial charge in [-0.15, -0.1) is 0 Å². The van der Waals surface area contributed by atoms with Gasteiger partial charge in [-0.3, -0.25) is 22.8 Å². The Labute approximate surface area is 374 Å². The molecule has 4 fully saturated rings. The summed E-state index contributed by atoms with van der Waals surface area (Å²) >= 11 is 0. The Morgan fingerprint density at radius 2 is 0.881 bits per heavy atom. The summed E-state index contributed by atoms with van der Waals surface area (Å²) in [6, 6.07) is -5.18. The van der Waals surface area contributed by atoms with Gasteiger partial charge in [0, 0.05) is 0 Å². The fourth-order valence-corrected chi connectivity index (χ4v) is 8.93. The normalized spacial score (nSPS) is 40.5. The monoisotopic (exact) mass is 1090 g/mol. The lowest BCUT2D eigenvalue weighted by molar-refractivity contribution is -0.368. The molecular formula is C24H40N2O36S5. The van der Waals surface area contributed by atoms with E-state index in [0.29, 0.717) is 0 Å². The molecule has 0 aromatic carbocycles. The smallest absolute Gasteiger partial charge is 0.397 e. The molecule has 392 valence electrons. The Bertz CT molecular complexity index is 2320. The highest BCUT2D eigenvalue weighted by atomic mass is 32.3. The van der Waals surface area contributed by atoms with Crippen LogP contribution >= 0.6 is 0 Å². The zero-order valence-corrected chi connectivity index (χ0v) is 36.3. The van der Waals surface area contributed by atoms with Crippen LogP contribution in [-0.4, -0.2) is 259 Å². The zero-order chi connectivity index (χ0) is 51.1. The number of carbonyl (C=O) groups is 2. The van der Waals surface area contributed by atoms with Crippen LogP contribution in [0.1, 0.15) is 0 Å². The van der Waals surface area contributed by atoms with Crippen LogP contribution in [0.15, 0.2) is 0 Å². The van der Waals surface area contributed by atoms with Gasteiger partial charge in [-0.25, -0.2) is 22.1 Å². The molecule has 16 N–H and O–H groups in total. The van der Waals surface area contributed by atoms with E-state index in [2.05, 4.69) is 12.5 Å². The lowest BCUT2D eigenvalue weighted by atomic mass is 9.94. The number of carboxylic acids is 2. The van der Waals surface area contributed by atoms with Crippen LogP contribution in [0, 0.1) is 0 Å². The Balaban J connectivity index is 1.77. The molecule has 4 heterocycles. The van der Waals surface area contributed by atoms with Crippen molar-refractivity contribution in [3.63, 3.8) is 0 Å². The molecule has 0 aromatic heterocycles.